The number of tetrazole rings is 1. The molecule has 1 aromatic heterocycles. The molecule has 0 amide bonds. The first kappa shape index (κ1) is 14.5. The molecule has 1 heterocycles. The van der Waals surface area contributed by atoms with Crippen LogP contribution in [0.3, 0.4) is 0 Å². The van der Waals surface area contributed by atoms with Crippen LogP contribution in [-0.4, -0.2) is 32.8 Å². The van der Waals surface area contributed by atoms with Crippen LogP contribution in [0.5, 0.6) is 0 Å². The third-order valence-corrected chi connectivity index (χ3v) is 3.00. The van der Waals surface area contributed by atoms with Crippen LogP contribution in [0.25, 0.3) is 5.69 Å². The van der Waals surface area contributed by atoms with Gasteiger partial charge in [0.05, 0.1) is 11.3 Å². The molecule has 3 aromatic rings. The summed E-state index contributed by atoms with van der Waals surface area (Å²) in [6, 6.07) is 16.3. The van der Waals surface area contributed by atoms with E-state index in [-0.39, 0.29) is 6.61 Å². The number of esters is 1. The van der Waals surface area contributed by atoms with Crippen molar-refractivity contribution in [3.63, 3.8) is 0 Å². The zero-order chi connectivity index (χ0) is 15.9. The van der Waals surface area contributed by atoms with E-state index in [2.05, 4.69) is 27.4 Å². The Morgan fingerprint density at radius 3 is 2.57 bits per heavy atom. The van der Waals surface area contributed by atoms with Gasteiger partial charge in [-0.2, -0.15) is 0 Å². The molecule has 0 N–H and O–H groups in total. The average molecular weight is 304 g/mol. The highest BCUT2D eigenvalue weighted by Crippen LogP contribution is 2.08. The van der Waals surface area contributed by atoms with Crippen LogP contribution in [-0.2, 0) is 4.74 Å². The second-order valence-corrected chi connectivity index (χ2v) is 4.55. The van der Waals surface area contributed by atoms with Gasteiger partial charge in [0.2, 0.25) is 0 Å². The molecule has 0 atom stereocenters. The standard InChI is InChI=1S/C17H12N4O2/c22-17(23-12-4-7-14-5-2-1-3-6-14)15-8-10-16(11-9-15)21-13-18-19-20-21/h1-3,5-6,8-11,13H,12H2. The summed E-state index contributed by atoms with van der Waals surface area (Å²) in [7, 11) is 0. The van der Waals surface area contributed by atoms with E-state index < -0.39 is 5.97 Å². The van der Waals surface area contributed by atoms with Gasteiger partial charge in [-0.25, -0.2) is 9.48 Å². The lowest BCUT2D eigenvalue weighted by molar-refractivity contribution is 0.0556. The van der Waals surface area contributed by atoms with Crippen molar-refractivity contribution in [2.45, 2.75) is 0 Å². The molecular formula is C17H12N4O2. The first-order valence-electron chi connectivity index (χ1n) is 6.87. The molecule has 0 spiro atoms. The normalized spacial score (nSPS) is 9.74. The second kappa shape index (κ2) is 7.00. The van der Waals surface area contributed by atoms with E-state index in [4.69, 9.17) is 4.74 Å². The van der Waals surface area contributed by atoms with Crippen LogP contribution >= 0.6 is 0 Å². The largest absolute Gasteiger partial charge is 0.449 e. The van der Waals surface area contributed by atoms with Crippen molar-refractivity contribution in [3.05, 3.63) is 72.1 Å². The molecule has 6 nitrogen and oxygen atoms in total. The lowest BCUT2D eigenvalue weighted by atomic mass is 10.2. The number of aromatic nitrogens is 4. The van der Waals surface area contributed by atoms with E-state index in [0.717, 1.165) is 11.3 Å². The molecule has 0 saturated heterocycles. The Bertz CT molecular complexity index is 832. The van der Waals surface area contributed by atoms with Gasteiger partial charge in [-0.05, 0) is 46.8 Å². The van der Waals surface area contributed by atoms with Crippen molar-refractivity contribution in [1.29, 1.82) is 0 Å². The van der Waals surface area contributed by atoms with E-state index >= 15 is 0 Å². The molecule has 3 rings (SSSR count). The van der Waals surface area contributed by atoms with Gasteiger partial charge in [0.1, 0.15) is 6.33 Å². The molecule has 112 valence electrons. The highest BCUT2D eigenvalue weighted by Gasteiger charge is 2.06. The van der Waals surface area contributed by atoms with Gasteiger partial charge in [-0.3, -0.25) is 0 Å². The summed E-state index contributed by atoms with van der Waals surface area (Å²) < 4.78 is 6.62. The van der Waals surface area contributed by atoms with Crippen molar-refractivity contribution in [1.82, 2.24) is 20.2 Å². The SMILES string of the molecule is O=C(OCC#Cc1ccccc1)c1ccc(-n2cnnn2)cc1. The van der Waals surface area contributed by atoms with Gasteiger partial charge in [0, 0.05) is 5.56 Å². The number of hydrogen-bond donors (Lipinski definition) is 0. The maximum atomic E-state index is 11.9. The molecule has 0 fully saturated rings. The average Bonchev–Trinajstić information content (AvgIpc) is 3.14. The minimum Gasteiger partial charge on any atom is -0.449 e. The van der Waals surface area contributed by atoms with Gasteiger partial charge >= 0.3 is 5.97 Å². The zero-order valence-corrected chi connectivity index (χ0v) is 12.1. The fourth-order valence-electron chi connectivity index (χ4n) is 1.87. The maximum Gasteiger partial charge on any atom is 0.339 e. The van der Waals surface area contributed by atoms with Gasteiger partial charge in [0.15, 0.2) is 6.61 Å². The molecule has 0 aliphatic carbocycles. The highest BCUT2D eigenvalue weighted by atomic mass is 16.5. The summed E-state index contributed by atoms with van der Waals surface area (Å²) in [5.41, 5.74) is 2.09. The van der Waals surface area contributed by atoms with Crippen molar-refractivity contribution in [2.75, 3.05) is 6.61 Å². The number of carbonyl (C=O) groups excluding carboxylic acids is 1. The molecule has 0 bridgehead atoms. The smallest absolute Gasteiger partial charge is 0.339 e. The first-order chi connectivity index (χ1) is 11.3. The van der Waals surface area contributed by atoms with Crippen LogP contribution < -0.4 is 0 Å². The lowest BCUT2D eigenvalue weighted by Gasteiger charge is -2.02. The minimum absolute atomic E-state index is 0.0441. The van der Waals surface area contributed by atoms with Crippen LogP contribution in [0.4, 0.5) is 0 Å². The van der Waals surface area contributed by atoms with Crippen molar-refractivity contribution < 1.29 is 9.53 Å². The van der Waals surface area contributed by atoms with E-state index in [0.29, 0.717) is 5.56 Å². The topological polar surface area (TPSA) is 69.9 Å². The lowest BCUT2D eigenvalue weighted by Crippen LogP contribution is -2.05. The summed E-state index contributed by atoms with van der Waals surface area (Å²) in [5, 5.41) is 10.9. The molecule has 0 unspecified atom stereocenters. The van der Waals surface area contributed by atoms with Crippen LogP contribution in [0.2, 0.25) is 0 Å². The summed E-state index contributed by atoms with van der Waals surface area (Å²) >= 11 is 0. The maximum absolute atomic E-state index is 11.9. The Labute approximate surface area is 132 Å². The van der Waals surface area contributed by atoms with Gasteiger partial charge < -0.3 is 4.74 Å². The Kier molecular flexibility index (Phi) is 4.41. The molecule has 6 heteroatoms. The summed E-state index contributed by atoms with van der Waals surface area (Å²) in [6.07, 6.45) is 1.48. The number of hydrogen-bond acceptors (Lipinski definition) is 5. The predicted octanol–water partition coefficient (Wildman–Crippen LogP) is 1.87. The Hall–Kier alpha value is -3.46. The third-order valence-electron chi connectivity index (χ3n) is 3.00. The first-order valence-corrected chi connectivity index (χ1v) is 6.87. The van der Waals surface area contributed by atoms with E-state index in [1.54, 1.807) is 24.3 Å². The molecular weight excluding hydrogens is 292 g/mol. The van der Waals surface area contributed by atoms with Gasteiger partial charge in [0.25, 0.3) is 0 Å². The Balaban J connectivity index is 1.57. The van der Waals surface area contributed by atoms with Crippen LogP contribution in [0.1, 0.15) is 15.9 Å². The summed E-state index contributed by atoms with van der Waals surface area (Å²) in [4.78, 5) is 11.9. The van der Waals surface area contributed by atoms with Crippen LogP contribution in [0.15, 0.2) is 60.9 Å². The highest BCUT2D eigenvalue weighted by molar-refractivity contribution is 5.89. The number of nitrogens with zero attached hydrogens (tertiary/aromatic N) is 4. The predicted molar refractivity (Wildman–Crippen MR) is 82.8 cm³/mol. The number of ether oxygens (including phenoxy) is 1. The molecule has 0 radical (unpaired) electrons. The Morgan fingerprint density at radius 1 is 1.09 bits per heavy atom. The molecule has 23 heavy (non-hydrogen) atoms. The minimum atomic E-state index is -0.421. The fraction of sp³-hybridized carbons (Fsp3) is 0.0588. The summed E-state index contributed by atoms with van der Waals surface area (Å²) in [6.45, 7) is 0.0441. The number of benzene rings is 2. The van der Waals surface area contributed by atoms with E-state index in [1.165, 1.54) is 11.0 Å². The fourth-order valence-corrected chi connectivity index (χ4v) is 1.87. The van der Waals surface area contributed by atoms with Crippen molar-refractivity contribution in [3.8, 4) is 17.5 Å². The zero-order valence-electron chi connectivity index (χ0n) is 12.1. The molecule has 2 aromatic carbocycles. The quantitative estimate of drug-likeness (QED) is 0.546. The number of rotatable bonds is 3. The Morgan fingerprint density at radius 2 is 1.87 bits per heavy atom. The van der Waals surface area contributed by atoms with Crippen LogP contribution in [0, 0.1) is 11.8 Å². The monoisotopic (exact) mass is 304 g/mol. The number of carbonyl (C=O) groups is 1. The van der Waals surface area contributed by atoms with E-state index in [1.807, 2.05) is 30.3 Å². The van der Waals surface area contributed by atoms with Crippen molar-refractivity contribution in [2.24, 2.45) is 0 Å². The van der Waals surface area contributed by atoms with E-state index in [9.17, 15) is 4.79 Å². The second-order valence-electron chi connectivity index (χ2n) is 4.55. The third kappa shape index (κ3) is 3.80. The van der Waals surface area contributed by atoms with Gasteiger partial charge in [-0.1, -0.05) is 30.0 Å². The molecule has 0 saturated carbocycles. The van der Waals surface area contributed by atoms with Gasteiger partial charge in [-0.15, -0.1) is 5.10 Å². The van der Waals surface area contributed by atoms with Crippen molar-refractivity contribution >= 4 is 5.97 Å². The molecule has 0 aliphatic rings. The summed E-state index contributed by atoms with van der Waals surface area (Å²) in [5.74, 6) is 5.32. The molecule has 0 aliphatic heterocycles.